The summed E-state index contributed by atoms with van der Waals surface area (Å²) in [5.74, 6) is -1.37. The first-order chi connectivity index (χ1) is 9.69. The molecule has 5 nitrogen and oxygen atoms in total. The van der Waals surface area contributed by atoms with Crippen LogP contribution in [0.4, 0.5) is 5.13 Å². The molecule has 0 bridgehead atoms. The van der Waals surface area contributed by atoms with Crippen LogP contribution in [0.1, 0.15) is 18.1 Å². The number of nitrogens with one attached hydrogen (secondary N) is 2. The summed E-state index contributed by atoms with van der Waals surface area (Å²) < 4.78 is 0. The molecule has 1 aromatic heterocycles. The molecule has 0 spiro atoms. The summed E-state index contributed by atoms with van der Waals surface area (Å²) in [6, 6.07) is 7.91. The van der Waals surface area contributed by atoms with Gasteiger partial charge >= 0.3 is 11.8 Å². The van der Waals surface area contributed by atoms with E-state index in [-0.39, 0.29) is 0 Å². The fraction of sp³-hybridized carbons (Fsp3) is 0.214. The maximum absolute atomic E-state index is 11.6. The molecule has 2 rings (SSSR count). The lowest BCUT2D eigenvalue weighted by Gasteiger charge is -2.05. The van der Waals surface area contributed by atoms with E-state index in [0.29, 0.717) is 11.7 Å². The molecule has 6 heteroatoms. The molecule has 0 unspecified atom stereocenters. The third kappa shape index (κ3) is 3.89. The van der Waals surface area contributed by atoms with Crippen LogP contribution < -0.4 is 10.6 Å². The number of carbonyl (C=O) groups is 2. The van der Waals surface area contributed by atoms with Crippen LogP contribution in [-0.4, -0.2) is 16.8 Å². The van der Waals surface area contributed by atoms with Crippen LogP contribution in [0.2, 0.25) is 0 Å². The minimum absolute atomic E-state index is 0.327. The normalized spacial score (nSPS) is 10.1. The second-order valence-corrected chi connectivity index (χ2v) is 5.04. The molecule has 0 fully saturated rings. The monoisotopic (exact) mass is 289 g/mol. The zero-order chi connectivity index (χ0) is 14.4. The van der Waals surface area contributed by atoms with E-state index < -0.39 is 11.8 Å². The van der Waals surface area contributed by atoms with E-state index in [1.165, 1.54) is 16.9 Å². The van der Waals surface area contributed by atoms with E-state index >= 15 is 0 Å². The van der Waals surface area contributed by atoms with Crippen LogP contribution in [0.3, 0.4) is 0 Å². The molecular formula is C14H15N3O2S. The Morgan fingerprint density at radius 3 is 2.45 bits per heavy atom. The number of amides is 2. The van der Waals surface area contributed by atoms with Gasteiger partial charge in [0.1, 0.15) is 0 Å². The van der Waals surface area contributed by atoms with Crippen molar-refractivity contribution in [3.63, 3.8) is 0 Å². The van der Waals surface area contributed by atoms with Gasteiger partial charge in [-0.25, -0.2) is 4.98 Å². The van der Waals surface area contributed by atoms with Gasteiger partial charge in [0.25, 0.3) is 0 Å². The Labute approximate surface area is 121 Å². The Hall–Kier alpha value is -2.21. The SMILES string of the molecule is CCc1ccc(CNC(=O)C(=O)Nc2nccs2)cc1. The topological polar surface area (TPSA) is 71.1 Å². The molecule has 0 aliphatic heterocycles. The first-order valence-electron chi connectivity index (χ1n) is 6.25. The molecular weight excluding hydrogens is 274 g/mol. The molecule has 2 N–H and O–H groups in total. The first-order valence-corrected chi connectivity index (χ1v) is 7.13. The van der Waals surface area contributed by atoms with Gasteiger partial charge in [0.15, 0.2) is 5.13 Å². The number of nitrogens with zero attached hydrogens (tertiary/aromatic N) is 1. The number of hydrogen-bond donors (Lipinski definition) is 2. The second kappa shape index (κ2) is 6.81. The summed E-state index contributed by atoms with van der Waals surface area (Å²) in [4.78, 5) is 27.1. The van der Waals surface area contributed by atoms with Crippen molar-refractivity contribution < 1.29 is 9.59 Å². The van der Waals surface area contributed by atoms with Gasteiger partial charge in [0.05, 0.1) is 0 Å². The van der Waals surface area contributed by atoms with Gasteiger partial charge in [0.2, 0.25) is 0 Å². The highest BCUT2D eigenvalue weighted by molar-refractivity contribution is 7.13. The highest BCUT2D eigenvalue weighted by Gasteiger charge is 2.14. The van der Waals surface area contributed by atoms with Crippen molar-refractivity contribution >= 4 is 28.3 Å². The van der Waals surface area contributed by atoms with E-state index in [1.54, 1.807) is 11.6 Å². The number of carbonyl (C=O) groups excluding carboxylic acids is 2. The average molecular weight is 289 g/mol. The maximum Gasteiger partial charge on any atom is 0.315 e. The predicted octanol–water partition coefficient (Wildman–Crippen LogP) is 1.96. The molecule has 0 saturated carbocycles. The fourth-order valence-electron chi connectivity index (χ4n) is 1.59. The van der Waals surface area contributed by atoms with Crippen LogP contribution in [0, 0.1) is 0 Å². The Morgan fingerprint density at radius 2 is 1.85 bits per heavy atom. The van der Waals surface area contributed by atoms with Crippen molar-refractivity contribution in [1.29, 1.82) is 0 Å². The van der Waals surface area contributed by atoms with Crippen molar-refractivity contribution in [2.75, 3.05) is 5.32 Å². The summed E-state index contributed by atoms with van der Waals surface area (Å²) in [7, 11) is 0. The van der Waals surface area contributed by atoms with Crippen molar-refractivity contribution in [2.45, 2.75) is 19.9 Å². The predicted molar refractivity (Wildman–Crippen MR) is 78.4 cm³/mol. The highest BCUT2D eigenvalue weighted by Crippen LogP contribution is 2.09. The van der Waals surface area contributed by atoms with Gasteiger partial charge in [-0.2, -0.15) is 0 Å². The molecule has 0 radical (unpaired) electrons. The van der Waals surface area contributed by atoms with E-state index in [1.807, 2.05) is 24.3 Å². The van der Waals surface area contributed by atoms with Gasteiger partial charge in [0, 0.05) is 18.1 Å². The van der Waals surface area contributed by atoms with Crippen LogP contribution >= 0.6 is 11.3 Å². The standard InChI is InChI=1S/C14H15N3O2S/c1-2-10-3-5-11(6-4-10)9-16-12(18)13(19)17-14-15-7-8-20-14/h3-8H,2,9H2,1H3,(H,16,18)(H,15,17,19). The van der Waals surface area contributed by atoms with Crippen molar-refractivity contribution in [3.05, 3.63) is 47.0 Å². The molecule has 0 aliphatic rings. The molecule has 2 aromatic rings. The molecule has 0 aliphatic carbocycles. The fourth-order valence-corrected chi connectivity index (χ4v) is 2.12. The summed E-state index contributed by atoms with van der Waals surface area (Å²) in [5.41, 5.74) is 2.19. The van der Waals surface area contributed by atoms with Crippen molar-refractivity contribution in [1.82, 2.24) is 10.3 Å². The molecule has 1 aromatic carbocycles. The first kappa shape index (κ1) is 14.2. The summed E-state index contributed by atoms with van der Waals surface area (Å²) in [6.07, 6.45) is 2.54. The van der Waals surface area contributed by atoms with E-state index in [0.717, 1.165) is 12.0 Å². The molecule has 1 heterocycles. The number of rotatable bonds is 4. The lowest BCUT2D eigenvalue weighted by atomic mass is 10.1. The Kier molecular flexibility index (Phi) is 4.84. The highest BCUT2D eigenvalue weighted by atomic mass is 32.1. The van der Waals surface area contributed by atoms with E-state index in [9.17, 15) is 9.59 Å². The van der Waals surface area contributed by atoms with Gasteiger partial charge in [-0.15, -0.1) is 11.3 Å². The zero-order valence-corrected chi connectivity index (χ0v) is 11.9. The molecule has 2 amide bonds. The van der Waals surface area contributed by atoms with E-state index in [2.05, 4.69) is 22.5 Å². The summed E-state index contributed by atoms with van der Waals surface area (Å²) >= 11 is 1.26. The van der Waals surface area contributed by atoms with Gasteiger partial charge in [-0.1, -0.05) is 31.2 Å². The zero-order valence-electron chi connectivity index (χ0n) is 11.1. The quantitative estimate of drug-likeness (QED) is 0.845. The smallest absolute Gasteiger partial charge is 0.315 e. The molecule has 0 atom stereocenters. The van der Waals surface area contributed by atoms with Crippen LogP contribution in [0.15, 0.2) is 35.8 Å². The third-order valence-electron chi connectivity index (χ3n) is 2.74. The largest absolute Gasteiger partial charge is 0.344 e. The number of benzene rings is 1. The number of anilines is 1. The van der Waals surface area contributed by atoms with Gasteiger partial charge in [-0.3, -0.25) is 14.9 Å². The number of aryl methyl sites for hydroxylation is 1. The Balaban J connectivity index is 1.83. The third-order valence-corrected chi connectivity index (χ3v) is 3.43. The number of hydrogen-bond acceptors (Lipinski definition) is 4. The summed E-state index contributed by atoms with van der Waals surface area (Å²) in [6.45, 7) is 2.41. The van der Waals surface area contributed by atoms with E-state index in [4.69, 9.17) is 0 Å². The summed E-state index contributed by atoms with van der Waals surface area (Å²) in [5, 5.41) is 7.15. The average Bonchev–Trinajstić information content (AvgIpc) is 2.98. The second-order valence-electron chi connectivity index (χ2n) is 4.14. The van der Waals surface area contributed by atoms with Crippen LogP contribution in [-0.2, 0) is 22.6 Å². The lowest BCUT2D eigenvalue weighted by Crippen LogP contribution is -2.34. The molecule has 104 valence electrons. The van der Waals surface area contributed by atoms with Gasteiger partial charge in [-0.05, 0) is 17.5 Å². The minimum Gasteiger partial charge on any atom is -0.344 e. The molecule has 0 saturated heterocycles. The molecule has 20 heavy (non-hydrogen) atoms. The lowest BCUT2D eigenvalue weighted by molar-refractivity contribution is -0.136. The Bertz CT molecular complexity index is 579. The number of aromatic nitrogens is 1. The van der Waals surface area contributed by atoms with Crippen LogP contribution in [0.5, 0.6) is 0 Å². The Morgan fingerprint density at radius 1 is 1.15 bits per heavy atom. The van der Waals surface area contributed by atoms with Gasteiger partial charge < -0.3 is 5.32 Å². The van der Waals surface area contributed by atoms with Crippen molar-refractivity contribution in [2.24, 2.45) is 0 Å². The maximum atomic E-state index is 11.6. The van der Waals surface area contributed by atoms with Crippen LogP contribution in [0.25, 0.3) is 0 Å². The van der Waals surface area contributed by atoms with Crippen molar-refractivity contribution in [3.8, 4) is 0 Å². The minimum atomic E-state index is -0.704. The number of thiazole rings is 1.